The second kappa shape index (κ2) is 20.5. The van der Waals surface area contributed by atoms with Crippen molar-refractivity contribution < 1.29 is 29.7 Å². The van der Waals surface area contributed by atoms with Gasteiger partial charge in [0.2, 0.25) is 0 Å². The molecule has 0 fully saturated rings. The molecular formula is C43H33Cl2N7O6. The zero-order valence-corrected chi connectivity index (χ0v) is 31.7. The molecule has 58 heavy (non-hydrogen) atoms. The van der Waals surface area contributed by atoms with Gasteiger partial charge in [-0.25, -0.2) is 11.3 Å². The number of hydrazine groups is 1. The Hall–Kier alpha value is -7.45. The van der Waals surface area contributed by atoms with Crippen LogP contribution in [0.3, 0.4) is 0 Å². The number of hydrogen-bond donors (Lipinski definition) is 6. The Morgan fingerprint density at radius 2 is 1.07 bits per heavy atom. The smallest absolute Gasteiger partial charge is 0.271 e. The number of nitrogen functional groups attached to an aromatic ring is 1. The predicted molar refractivity (Wildman–Crippen MR) is 225 cm³/mol. The molecule has 5 aromatic carbocycles. The first kappa shape index (κ1) is 41.7. The summed E-state index contributed by atoms with van der Waals surface area (Å²) in [6.07, 6.45) is 6.12. The van der Waals surface area contributed by atoms with Crippen molar-refractivity contribution in [1.29, 1.82) is 0 Å². The molecule has 7 N–H and O–H groups in total. The fraction of sp³-hybridized carbons (Fsp3) is 0. The van der Waals surface area contributed by atoms with Crippen LogP contribution in [-0.2, 0) is 0 Å². The fourth-order valence-electron chi connectivity index (χ4n) is 5.13. The summed E-state index contributed by atoms with van der Waals surface area (Å²) in [5.74, 6) is 4.36. The van der Waals surface area contributed by atoms with Crippen molar-refractivity contribution in [1.82, 2.24) is 25.8 Å². The van der Waals surface area contributed by atoms with Gasteiger partial charge in [-0.3, -0.25) is 34.8 Å². The number of halogens is 2. The molecule has 0 aliphatic rings. The van der Waals surface area contributed by atoms with E-state index >= 15 is 0 Å². The van der Waals surface area contributed by atoms with Crippen molar-refractivity contribution in [3.05, 3.63) is 178 Å². The van der Waals surface area contributed by atoms with Gasteiger partial charge in [0.15, 0.2) is 6.29 Å². The molecule has 0 bridgehead atoms. The Bertz CT molecular complexity index is 2720. The van der Waals surface area contributed by atoms with E-state index in [1.165, 1.54) is 24.8 Å². The highest BCUT2D eigenvalue weighted by Crippen LogP contribution is 2.24. The average molecular weight is 815 g/mol. The zero-order chi connectivity index (χ0) is 41.4. The van der Waals surface area contributed by atoms with E-state index in [1.54, 1.807) is 72.8 Å². The fourth-order valence-corrected chi connectivity index (χ4v) is 5.38. The molecule has 3 aromatic heterocycles. The first-order valence-corrected chi connectivity index (χ1v) is 17.8. The minimum atomic E-state index is -0.365. The number of hydrazone groups is 1. The lowest BCUT2D eigenvalue weighted by molar-refractivity contribution is 0.0946. The van der Waals surface area contributed by atoms with E-state index in [0.717, 1.165) is 21.8 Å². The number of nitrogens with zero attached hydrogens (tertiary/aromatic N) is 4. The number of aldehydes is 1. The van der Waals surface area contributed by atoms with Crippen LogP contribution in [0, 0.1) is 0 Å². The number of nitrogens with one attached hydrogen (secondary N) is 2. The van der Waals surface area contributed by atoms with E-state index in [1.807, 2.05) is 60.0 Å². The molecule has 0 saturated heterocycles. The number of para-hydroxylation sites is 3. The standard InChI is InChI=1S/C17H12ClN3O2.C10H7NO2.C9H7NO.C7H7ClN2O/c18-12-7-5-11(6-8-12)17(23)21-20-9-14-13-3-1-2-4-15(13)19-10-16(14)22;12-6-8-7-3-1-2-4-9(7)11-5-10(8)13;11-8-5-7-3-1-2-4-9(7)10-6-8;8-6-3-1-5(2-4-6)7(11)10-9/h1-10,22H,(H,21,23);1-6,13H;1-6,11H;1-4H,9H2,(H,10,11)/b20-9+;;;. The normalized spacial score (nSPS) is 10.3. The maximum Gasteiger partial charge on any atom is 0.271 e. The molecular weight excluding hydrogens is 781 g/mol. The summed E-state index contributed by atoms with van der Waals surface area (Å²) in [4.78, 5) is 45.6. The molecule has 0 aliphatic heterocycles. The van der Waals surface area contributed by atoms with Crippen molar-refractivity contribution in [2.75, 3.05) is 0 Å². The molecule has 13 nitrogen and oxygen atoms in total. The van der Waals surface area contributed by atoms with Crippen molar-refractivity contribution in [2.45, 2.75) is 0 Å². The number of benzene rings is 5. The molecule has 0 saturated carbocycles. The average Bonchev–Trinajstić information content (AvgIpc) is 3.25. The summed E-state index contributed by atoms with van der Waals surface area (Å²) >= 11 is 11.4. The molecule has 290 valence electrons. The summed E-state index contributed by atoms with van der Waals surface area (Å²) in [7, 11) is 0. The molecule has 0 spiro atoms. The van der Waals surface area contributed by atoms with Gasteiger partial charge in [-0.2, -0.15) is 5.10 Å². The monoisotopic (exact) mass is 813 g/mol. The van der Waals surface area contributed by atoms with Gasteiger partial charge in [0.1, 0.15) is 17.2 Å². The van der Waals surface area contributed by atoms with Crippen LogP contribution in [0.25, 0.3) is 32.7 Å². The summed E-state index contributed by atoms with van der Waals surface area (Å²) in [5.41, 5.74) is 8.51. The van der Waals surface area contributed by atoms with Crippen molar-refractivity contribution in [3.63, 3.8) is 0 Å². The van der Waals surface area contributed by atoms with E-state index in [-0.39, 0.29) is 29.1 Å². The third-order valence-corrected chi connectivity index (χ3v) is 8.49. The second-order valence-electron chi connectivity index (χ2n) is 11.8. The van der Waals surface area contributed by atoms with Crippen LogP contribution in [0.1, 0.15) is 36.6 Å². The number of aromatic hydroxyl groups is 3. The highest BCUT2D eigenvalue weighted by atomic mass is 35.5. The number of carbonyl (C=O) groups is 3. The number of amides is 2. The Morgan fingerprint density at radius 1 is 0.603 bits per heavy atom. The van der Waals surface area contributed by atoms with E-state index in [9.17, 15) is 24.6 Å². The van der Waals surface area contributed by atoms with E-state index in [0.29, 0.717) is 49.5 Å². The SMILES string of the molecule is NNC(=O)c1ccc(Cl)cc1.O=C(N/N=C/c1c(O)cnc2ccccc12)c1ccc(Cl)cc1.O=Cc1c(O)cnc2ccccc12.Oc1cnc2ccccc2c1. The first-order chi connectivity index (χ1) is 28.1. The van der Waals surface area contributed by atoms with Gasteiger partial charge in [0, 0.05) is 42.9 Å². The quantitative estimate of drug-likeness (QED) is 0.0324. The predicted octanol–water partition coefficient (Wildman–Crippen LogP) is 7.99. The van der Waals surface area contributed by atoms with Crippen LogP contribution in [-0.4, -0.2) is 54.6 Å². The molecule has 0 unspecified atom stereocenters. The molecule has 8 rings (SSSR count). The first-order valence-electron chi connectivity index (χ1n) is 17.1. The Kier molecular flexibility index (Phi) is 14.7. The lowest BCUT2D eigenvalue weighted by Gasteiger charge is -2.04. The third-order valence-electron chi connectivity index (χ3n) is 7.99. The number of pyridine rings is 3. The van der Waals surface area contributed by atoms with Crippen molar-refractivity contribution >= 4 is 80.2 Å². The number of nitrogens with two attached hydrogens (primary N) is 1. The van der Waals surface area contributed by atoms with Gasteiger partial charge >= 0.3 is 0 Å². The minimum Gasteiger partial charge on any atom is -0.506 e. The Balaban J connectivity index is 0.000000157. The molecule has 3 heterocycles. The van der Waals surface area contributed by atoms with E-state index in [2.05, 4.69) is 25.5 Å². The third kappa shape index (κ3) is 11.3. The van der Waals surface area contributed by atoms with Gasteiger partial charge in [0.25, 0.3) is 11.8 Å². The molecule has 8 aromatic rings. The lowest BCUT2D eigenvalue weighted by atomic mass is 10.1. The lowest BCUT2D eigenvalue weighted by Crippen LogP contribution is -2.29. The summed E-state index contributed by atoms with van der Waals surface area (Å²) in [6, 6.07) is 36.8. The molecule has 15 heteroatoms. The Morgan fingerprint density at radius 3 is 1.62 bits per heavy atom. The van der Waals surface area contributed by atoms with Crippen LogP contribution in [0.15, 0.2) is 151 Å². The van der Waals surface area contributed by atoms with Crippen LogP contribution in [0.4, 0.5) is 0 Å². The zero-order valence-electron chi connectivity index (χ0n) is 30.2. The van der Waals surface area contributed by atoms with Crippen molar-refractivity contribution in [3.8, 4) is 17.2 Å². The van der Waals surface area contributed by atoms with Gasteiger partial charge in [0.05, 0.1) is 46.9 Å². The maximum atomic E-state index is 12.0. The van der Waals surface area contributed by atoms with Crippen LogP contribution in [0.5, 0.6) is 17.2 Å². The number of aromatic nitrogens is 3. The van der Waals surface area contributed by atoms with Crippen LogP contribution >= 0.6 is 23.2 Å². The van der Waals surface area contributed by atoms with Gasteiger partial charge in [-0.1, -0.05) is 77.8 Å². The number of fused-ring (bicyclic) bond motifs is 3. The van der Waals surface area contributed by atoms with Gasteiger partial charge in [-0.05, 0) is 72.8 Å². The van der Waals surface area contributed by atoms with Crippen LogP contribution < -0.4 is 16.7 Å². The number of rotatable bonds is 5. The highest BCUT2D eigenvalue weighted by Gasteiger charge is 2.08. The minimum absolute atomic E-state index is 0.00630. The van der Waals surface area contributed by atoms with Gasteiger partial charge in [-0.15, -0.1) is 0 Å². The topological polar surface area (TPSA) is 213 Å². The van der Waals surface area contributed by atoms with Crippen LogP contribution in [0.2, 0.25) is 10.0 Å². The van der Waals surface area contributed by atoms with E-state index in [4.69, 9.17) is 34.2 Å². The summed E-state index contributed by atoms with van der Waals surface area (Å²) in [5, 5.41) is 35.8. The molecule has 2 amide bonds. The second-order valence-corrected chi connectivity index (χ2v) is 12.7. The maximum absolute atomic E-state index is 12.0. The van der Waals surface area contributed by atoms with E-state index < -0.39 is 0 Å². The number of carbonyl (C=O) groups excluding carboxylic acids is 3. The van der Waals surface area contributed by atoms with Crippen molar-refractivity contribution in [2.24, 2.45) is 10.9 Å². The number of hydrogen-bond acceptors (Lipinski definition) is 11. The molecule has 0 atom stereocenters. The van der Waals surface area contributed by atoms with Gasteiger partial charge < -0.3 is 15.3 Å². The summed E-state index contributed by atoms with van der Waals surface area (Å²) in [6.45, 7) is 0. The molecule has 0 aliphatic carbocycles. The highest BCUT2D eigenvalue weighted by molar-refractivity contribution is 6.31. The molecule has 0 radical (unpaired) electrons. The summed E-state index contributed by atoms with van der Waals surface area (Å²) < 4.78 is 0. The largest absolute Gasteiger partial charge is 0.506 e. The Labute approximate surface area is 341 Å².